The first-order chi connectivity index (χ1) is 6.69. The van der Waals surface area contributed by atoms with Crippen LogP contribution in [0.15, 0.2) is 30.5 Å². The molecule has 14 heavy (non-hydrogen) atoms. The van der Waals surface area contributed by atoms with E-state index >= 15 is 0 Å². The summed E-state index contributed by atoms with van der Waals surface area (Å²) in [4.78, 5) is 11.4. The normalized spacial score (nSPS) is 10.4. The lowest BCUT2D eigenvalue weighted by Gasteiger charge is -2.05. The topological polar surface area (TPSA) is 46.5 Å². The van der Waals surface area contributed by atoms with Gasteiger partial charge in [0.15, 0.2) is 5.78 Å². The molecule has 0 aliphatic heterocycles. The van der Waals surface area contributed by atoms with Gasteiger partial charge in [0.05, 0.1) is 18.9 Å². The van der Waals surface area contributed by atoms with E-state index in [1.807, 2.05) is 13.0 Å². The Hall–Kier alpha value is -1.77. The molecule has 0 heterocycles. The van der Waals surface area contributed by atoms with Crippen molar-refractivity contribution in [3.63, 3.8) is 0 Å². The Labute approximate surface area is 82.6 Å². The van der Waals surface area contributed by atoms with Gasteiger partial charge in [-0.25, -0.2) is 0 Å². The van der Waals surface area contributed by atoms with Crippen LogP contribution >= 0.6 is 0 Å². The third-order valence-electron chi connectivity index (χ3n) is 1.85. The summed E-state index contributed by atoms with van der Waals surface area (Å²) >= 11 is 0. The maximum Gasteiger partial charge on any atom is 0.192 e. The maximum absolute atomic E-state index is 11.4. The molecule has 0 aromatic heterocycles. The molecule has 0 fully saturated rings. The zero-order valence-electron chi connectivity index (χ0n) is 8.15. The van der Waals surface area contributed by atoms with E-state index in [0.29, 0.717) is 11.3 Å². The fraction of sp³-hybridized carbons (Fsp3) is 0.182. The molecule has 1 N–H and O–H groups in total. The smallest absolute Gasteiger partial charge is 0.192 e. The minimum atomic E-state index is -0.270. The number of benzene rings is 1. The van der Waals surface area contributed by atoms with Crippen molar-refractivity contribution in [1.29, 1.82) is 0 Å². The van der Waals surface area contributed by atoms with E-state index in [-0.39, 0.29) is 5.78 Å². The van der Waals surface area contributed by atoms with Crippen LogP contribution in [0.4, 0.5) is 0 Å². The molecule has 3 heteroatoms. The lowest BCUT2D eigenvalue weighted by Crippen LogP contribution is -1.99. The summed E-state index contributed by atoms with van der Waals surface area (Å²) in [5.74, 6) is 0.242. The number of aliphatic hydroxyl groups is 1. The largest absolute Gasteiger partial charge is 0.515 e. The number of allylic oxidation sites excluding steroid dienone is 1. The molecule has 0 aliphatic carbocycles. The number of carbonyl (C=O) groups excluding carboxylic acids is 1. The molecule has 1 aromatic rings. The third-order valence-corrected chi connectivity index (χ3v) is 1.85. The molecule has 3 nitrogen and oxygen atoms in total. The highest BCUT2D eigenvalue weighted by atomic mass is 16.5. The number of hydrogen-bond donors (Lipinski definition) is 1. The summed E-state index contributed by atoms with van der Waals surface area (Å²) in [6, 6.07) is 5.31. The fourth-order valence-corrected chi connectivity index (χ4v) is 1.17. The van der Waals surface area contributed by atoms with Crippen LogP contribution in [-0.4, -0.2) is 18.0 Å². The molecule has 0 aliphatic rings. The van der Waals surface area contributed by atoms with Crippen molar-refractivity contribution in [1.82, 2.24) is 0 Å². The summed E-state index contributed by atoms with van der Waals surface area (Å²) in [7, 11) is 1.50. The predicted octanol–water partition coefficient (Wildman–Crippen LogP) is 2.26. The van der Waals surface area contributed by atoms with Crippen LogP contribution in [0.5, 0.6) is 5.75 Å². The van der Waals surface area contributed by atoms with Crippen molar-refractivity contribution < 1.29 is 14.6 Å². The zero-order valence-corrected chi connectivity index (χ0v) is 8.15. The number of ketones is 1. The molecular weight excluding hydrogens is 180 g/mol. The first-order valence-electron chi connectivity index (χ1n) is 4.18. The van der Waals surface area contributed by atoms with Crippen molar-refractivity contribution >= 4 is 5.78 Å². The summed E-state index contributed by atoms with van der Waals surface area (Å²) in [5, 5.41) is 8.49. The fourth-order valence-electron chi connectivity index (χ4n) is 1.17. The van der Waals surface area contributed by atoms with Crippen LogP contribution < -0.4 is 4.74 Å². The van der Waals surface area contributed by atoms with E-state index in [0.717, 1.165) is 17.9 Å². The number of aryl methyl sites for hydroxylation is 1. The van der Waals surface area contributed by atoms with Gasteiger partial charge in [-0.3, -0.25) is 4.79 Å². The molecule has 74 valence electrons. The van der Waals surface area contributed by atoms with Gasteiger partial charge in [0.2, 0.25) is 0 Å². The van der Waals surface area contributed by atoms with Crippen LogP contribution in [0.3, 0.4) is 0 Å². The van der Waals surface area contributed by atoms with E-state index in [1.165, 1.54) is 7.11 Å². The molecule has 0 saturated heterocycles. The van der Waals surface area contributed by atoms with Gasteiger partial charge in [0.25, 0.3) is 0 Å². The van der Waals surface area contributed by atoms with E-state index in [1.54, 1.807) is 12.1 Å². The van der Waals surface area contributed by atoms with Crippen molar-refractivity contribution in [2.45, 2.75) is 6.92 Å². The van der Waals surface area contributed by atoms with Crippen molar-refractivity contribution in [2.24, 2.45) is 0 Å². The zero-order chi connectivity index (χ0) is 10.6. The molecule has 0 atom stereocenters. The molecule has 1 rings (SSSR count). The molecule has 0 saturated carbocycles. The van der Waals surface area contributed by atoms with Gasteiger partial charge in [-0.2, -0.15) is 0 Å². The second-order valence-electron chi connectivity index (χ2n) is 2.88. The second kappa shape index (κ2) is 4.46. The third kappa shape index (κ3) is 2.13. The van der Waals surface area contributed by atoms with Crippen molar-refractivity contribution in [3.05, 3.63) is 41.7 Å². The lowest BCUT2D eigenvalue weighted by atomic mass is 10.1. The first kappa shape index (κ1) is 10.3. The van der Waals surface area contributed by atoms with Gasteiger partial charge in [-0.1, -0.05) is 11.6 Å². The summed E-state index contributed by atoms with van der Waals surface area (Å²) < 4.78 is 5.03. The van der Waals surface area contributed by atoms with Gasteiger partial charge in [-0.05, 0) is 19.1 Å². The summed E-state index contributed by atoms with van der Waals surface area (Å²) in [5.41, 5.74) is 1.43. The number of hydrogen-bond acceptors (Lipinski definition) is 3. The average Bonchev–Trinajstić information content (AvgIpc) is 2.18. The van der Waals surface area contributed by atoms with Gasteiger partial charge in [0.1, 0.15) is 5.75 Å². The molecule has 0 radical (unpaired) electrons. The Morgan fingerprint density at radius 1 is 1.50 bits per heavy atom. The standard InChI is InChI=1S/C11H12O3/c1-8-3-4-11(14-2)9(7-8)10(13)5-6-12/h3-7,12H,1-2H3. The number of carbonyl (C=O) groups is 1. The van der Waals surface area contributed by atoms with Crippen molar-refractivity contribution in [3.8, 4) is 5.75 Å². The van der Waals surface area contributed by atoms with Gasteiger partial charge < -0.3 is 9.84 Å². The molecular formula is C11H12O3. The molecule has 0 amide bonds. The summed E-state index contributed by atoms with van der Waals surface area (Å²) in [6.07, 6.45) is 1.82. The number of methoxy groups -OCH3 is 1. The Morgan fingerprint density at radius 3 is 2.79 bits per heavy atom. The Balaban J connectivity index is 3.16. The maximum atomic E-state index is 11.4. The Morgan fingerprint density at radius 2 is 2.21 bits per heavy atom. The van der Waals surface area contributed by atoms with E-state index in [4.69, 9.17) is 9.84 Å². The monoisotopic (exact) mass is 192 g/mol. The Kier molecular flexibility index (Phi) is 3.29. The highest BCUT2D eigenvalue weighted by Gasteiger charge is 2.09. The Bertz CT molecular complexity index is 367. The molecule has 0 spiro atoms. The predicted molar refractivity (Wildman–Crippen MR) is 53.8 cm³/mol. The van der Waals surface area contributed by atoms with E-state index < -0.39 is 0 Å². The van der Waals surface area contributed by atoms with Crippen LogP contribution in [-0.2, 0) is 0 Å². The molecule has 0 bridgehead atoms. The minimum absolute atomic E-state index is 0.270. The number of aliphatic hydroxyl groups excluding tert-OH is 1. The minimum Gasteiger partial charge on any atom is -0.515 e. The highest BCUT2D eigenvalue weighted by Crippen LogP contribution is 2.20. The summed E-state index contributed by atoms with van der Waals surface area (Å²) in [6.45, 7) is 1.89. The van der Waals surface area contributed by atoms with Crippen LogP contribution in [0, 0.1) is 6.92 Å². The molecule has 0 unspecified atom stereocenters. The lowest BCUT2D eigenvalue weighted by molar-refractivity contribution is 0.104. The first-order valence-corrected chi connectivity index (χ1v) is 4.18. The van der Waals surface area contributed by atoms with E-state index in [9.17, 15) is 4.79 Å². The molecule has 1 aromatic carbocycles. The van der Waals surface area contributed by atoms with Crippen LogP contribution in [0.1, 0.15) is 15.9 Å². The highest BCUT2D eigenvalue weighted by molar-refractivity contribution is 6.06. The van der Waals surface area contributed by atoms with Gasteiger partial charge in [0, 0.05) is 6.08 Å². The SMILES string of the molecule is COc1ccc(C)cc1C(=O)C=CO. The van der Waals surface area contributed by atoms with Gasteiger partial charge in [-0.15, -0.1) is 0 Å². The second-order valence-corrected chi connectivity index (χ2v) is 2.88. The van der Waals surface area contributed by atoms with E-state index in [2.05, 4.69) is 0 Å². The quantitative estimate of drug-likeness (QED) is 0.454. The van der Waals surface area contributed by atoms with Crippen LogP contribution in [0.25, 0.3) is 0 Å². The van der Waals surface area contributed by atoms with Crippen molar-refractivity contribution in [2.75, 3.05) is 7.11 Å². The average molecular weight is 192 g/mol. The van der Waals surface area contributed by atoms with Crippen LogP contribution in [0.2, 0.25) is 0 Å². The number of rotatable bonds is 3. The van der Waals surface area contributed by atoms with Gasteiger partial charge >= 0.3 is 0 Å². The number of ether oxygens (including phenoxy) is 1.